The molecule has 2 heterocycles. The Morgan fingerprint density at radius 2 is 2.00 bits per heavy atom. The van der Waals surface area contributed by atoms with E-state index in [0.29, 0.717) is 19.1 Å². The molecule has 2 fully saturated rings. The van der Waals surface area contributed by atoms with E-state index in [9.17, 15) is 13.2 Å². The maximum atomic E-state index is 12.7. The molecule has 27 heavy (non-hydrogen) atoms. The molecule has 0 bridgehead atoms. The summed E-state index contributed by atoms with van der Waals surface area (Å²) in [5, 5.41) is 6.52. The van der Waals surface area contributed by atoms with Gasteiger partial charge in [-0.05, 0) is 44.7 Å². The van der Waals surface area contributed by atoms with E-state index in [2.05, 4.69) is 17.6 Å². The van der Waals surface area contributed by atoms with Gasteiger partial charge in [-0.25, -0.2) is 12.7 Å². The van der Waals surface area contributed by atoms with Gasteiger partial charge in [0.05, 0.1) is 11.7 Å². The van der Waals surface area contributed by atoms with Gasteiger partial charge in [-0.3, -0.25) is 4.79 Å². The second-order valence-electron chi connectivity index (χ2n) is 7.52. The van der Waals surface area contributed by atoms with Crippen molar-refractivity contribution >= 4 is 28.3 Å². The van der Waals surface area contributed by atoms with Crippen LogP contribution in [0.3, 0.4) is 0 Å². The summed E-state index contributed by atoms with van der Waals surface area (Å²) in [7, 11) is -3.40. The number of amides is 1. The van der Waals surface area contributed by atoms with Crippen molar-refractivity contribution in [3.63, 3.8) is 0 Å². The van der Waals surface area contributed by atoms with Crippen LogP contribution in [-0.2, 0) is 20.6 Å². The van der Waals surface area contributed by atoms with Crippen LogP contribution in [0.5, 0.6) is 0 Å². The summed E-state index contributed by atoms with van der Waals surface area (Å²) in [5.74, 6) is -0.253. The zero-order chi connectivity index (χ0) is 18.6. The first-order valence-electron chi connectivity index (χ1n) is 9.49. The number of carbonyl (C=O) groups is 1. The molecule has 3 rings (SSSR count). The molecule has 2 N–H and O–H groups in total. The van der Waals surface area contributed by atoms with Crippen molar-refractivity contribution in [1.29, 1.82) is 0 Å². The number of hydrogen-bond donors (Lipinski definition) is 2. The molecule has 8 heteroatoms. The molecule has 3 unspecified atom stereocenters. The molecule has 1 amide bonds. The summed E-state index contributed by atoms with van der Waals surface area (Å²) in [6.45, 7) is 3.83. The summed E-state index contributed by atoms with van der Waals surface area (Å²) < 4.78 is 27.0. The van der Waals surface area contributed by atoms with Crippen molar-refractivity contribution in [3.8, 4) is 0 Å². The molecule has 2 aliphatic heterocycles. The Labute approximate surface area is 168 Å². The van der Waals surface area contributed by atoms with Gasteiger partial charge in [0.25, 0.3) is 0 Å². The quantitative estimate of drug-likeness (QED) is 0.769. The molecule has 2 saturated heterocycles. The van der Waals surface area contributed by atoms with Crippen LogP contribution in [0.1, 0.15) is 38.2 Å². The van der Waals surface area contributed by atoms with Gasteiger partial charge in [-0.2, -0.15) is 0 Å². The summed E-state index contributed by atoms with van der Waals surface area (Å²) in [6.07, 6.45) is 3.34. The molecular formula is C19H30ClN3O3S. The lowest BCUT2D eigenvalue weighted by Gasteiger charge is -2.34. The van der Waals surface area contributed by atoms with Gasteiger partial charge in [0.15, 0.2) is 0 Å². The first-order valence-corrected chi connectivity index (χ1v) is 11.1. The molecule has 0 spiro atoms. The average Bonchev–Trinajstić information content (AvgIpc) is 2.62. The van der Waals surface area contributed by atoms with E-state index in [1.165, 1.54) is 4.31 Å². The molecule has 1 aromatic rings. The molecule has 3 atom stereocenters. The minimum atomic E-state index is -3.40. The molecule has 6 nitrogen and oxygen atoms in total. The van der Waals surface area contributed by atoms with E-state index in [4.69, 9.17) is 0 Å². The lowest BCUT2D eigenvalue weighted by molar-refractivity contribution is -0.127. The van der Waals surface area contributed by atoms with Gasteiger partial charge in [0.2, 0.25) is 15.9 Å². The molecule has 152 valence electrons. The number of sulfonamides is 1. The van der Waals surface area contributed by atoms with Gasteiger partial charge >= 0.3 is 0 Å². The second-order valence-corrected chi connectivity index (χ2v) is 9.49. The first-order chi connectivity index (χ1) is 12.4. The van der Waals surface area contributed by atoms with Crippen molar-refractivity contribution < 1.29 is 13.2 Å². The largest absolute Gasteiger partial charge is 0.353 e. The first kappa shape index (κ1) is 22.1. The van der Waals surface area contributed by atoms with Crippen LogP contribution in [0.4, 0.5) is 0 Å². The average molecular weight is 416 g/mol. The number of halogens is 1. The predicted molar refractivity (Wildman–Crippen MR) is 109 cm³/mol. The van der Waals surface area contributed by atoms with Crippen LogP contribution >= 0.6 is 12.4 Å². The van der Waals surface area contributed by atoms with E-state index >= 15 is 0 Å². The summed E-state index contributed by atoms with van der Waals surface area (Å²) in [6, 6.07) is 9.81. The van der Waals surface area contributed by atoms with Crippen molar-refractivity contribution in [3.05, 3.63) is 35.9 Å². The zero-order valence-corrected chi connectivity index (χ0v) is 17.4. The van der Waals surface area contributed by atoms with Gasteiger partial charge in [0, 0.05) is 25.2 Å². The molecule has 0 radical (unpaired) electrons. The third-order valence-corrected chi connectivity index (χ3v) is 7.13. The van der Waals surface area contributed by atoms with E-state index in [1.54, 1.807) is 0 Å². The Morgan fingerprint density at radius 1 is 1.26 bits per heavy atom. The smallest absolute Gasteiger partial charge is 0.224 e. The number of carbonyl (C=O) groups excluding carboxylic acids is 1. The fraction of sp³-hybridized carbons (Fsp3) is 0.632. The minimum absolute atomic E-state index is 0. The lowest BCUT2D eigenvalue weighted by Crippen LogP contribution is -2.51. The van der Waals surface area contributed by atoms with Gasteiger partial charge in [0.1, 0.15) is 0 Å². The highest BCUT2D eigenvalue weighted by atomic mass is 35.5. The molecular weight excluding hydrogens is 386 g/mol. The monoisotopic (exact) mass is 415 g/mol. The fourth-order valence-electron chi connectivity index (χ4n) is 3.87. The van der Waals surface area contributed by atoms with E-state index in [0.717, 1.165) is 37.8 Å². The van der Waals surface area contributed by atoms with Gasteiger partial charge in [-0.15, -0.1) is 12.4 Å². The Kier molecular flexibility index (Phi) is 8.09. The third-order valence-electron chi connectivity index (χ3n) is 5.31. The van der Waals surface area contributed by atoms with Crippen molar-refractivity contribution in [2.24, 2.45) is 5.92 Å². The summed E-state index contributed by atoms with van der Waals surface area (Å²) in [4.78, 5) is 12.7. The normalized spacial score (nSPS) is 26.8. The highest BCUT2D eigenvalue weighted by Gasteiger charge is 2.33. The van der Waals surface area contributed by atoms with Crippen molar-refractivity contribution in [2.75, 3.05) is 19.6 Å². The molecule has 0 saturated carbocycles. The van der Waals surface area contributed by atoms with Crippen LogP contribution in [0.2, 0.25) is 0 Å². The van der Waals surface area contributed by atoms with Crippen LogP contribution in [0.15, 0.2) is 30.3 Å². The Bertz CT molecular complexity index is 714. The maximum absolute atomic E-state index is 12.7. The summed E-state index contributed by atoms with van der Waals surface area (Å²) in [5.41, 5.74) is 0.780. The highest BCUT2D eigenvalue weighted by Crippen LogP contribution is 2.22. The Morgan fingerprint density at radius 3 is 2.70 bits per heavy atom. The number of piperidine rings is 2. The van der Waals surface area contributed by atoms with Crippen LogP contribution in [0.25, 0.3) is 0 Å². The van der Waals surface area contributed by atoms with Crippen molar-refractivity contribution in [1.82, 2.24) is 14.9 Å². The molecule has 0 aliphatic carbocycles. The Hall–Kier alpha value is -1.15. The van der Waals surface area contributed by atoms with Gasteiger partial charge in [-0.1, -0.05) is 30.3 Å². The van der Waals surface area contributed by atoms with Gasteiger partial charge < -0.3 is 10.6 Å². The topological polar surface area (TPSA) is 78.5 Å². The minimum Gasteiger partial charge on any atom is -0.353 e. The number of benzene rings is 1. The number of rotatable bonds is 5. The predicted octanol–water partition coefficient (Wildman–Crippen LogP) is 1.91. The second kappa shape index (κ2) is 9.87. The molecule has 0 aromatic heterocycles. The maximum Gasteiger partial charge on any atom is 0.224 e. The third kappa shape index (κ3) is 6.17. The summed E-state index contributed by atoms with van der Waals surface area (Å²) >= 11 is 0. The fourth-order valence-corrected chi connectivity index (χ4v) is 5.48. The SMILES string of the molecule is CC1CC(NC(=O)C2CCCN(S(=O)(=O)Cc3ccccc3)C2)CCN1.Cl. The zero-order valence-electron chi connectivity index (χ0n) is 15.8. The highest BCUT2D eigenvalue weighted by molar-refractivity contribution is 7.88. The van der Waals surface area contributed by atoms with E-state index in [-0.39, 0.29) is 36.0 Å². The number of hydrogen-bond acceptors (Lipinski definition) is 4. The van der Waals surface area contributed by atoms with E-state index in [1.807, 2.05) is 30.3 Å². The molecule has 2 aliphatic rings. The van der Waals surface area contributed by atoms with Crippen LogP contribution < -0.4 is 10.6 Å². The van der Waals surface area contributed by atoms with E-state index < -0.39 is 10.0 Å². The number of nitrogens with one attached hydrogen (secondary N) is 2. The lowest BCUT2D eigenvalue weighted by atomic mass is 9.96. The number of nitrogens with zero attached hydrogens (tertiary/aromatic N) is 1. The van der Waals surface area contributed by atoms with Crippen molar-refractivity contribution in [2.45, 2.75) is 50.4 Å². The Balaban J connectivity index is 0.00000261. The molecule has 1 aromatic carbocycles. The van der Waals surface area contributed by atoms with Crippen LogP contribution in [0, 0.1) is 5.92 Å². The van der Waals surface area contributed by atoms with Crippen LogP contribution in [-0.4, -0.2) is 50.3 Å². The standard InChI is InChI=1S/C19H29N3O3S.ClH/c1-15-12-18(9-10-20-15)21-19(23)17-8-5-11-22(13-17)26(24,25)14-16-6-3-2-4-7-16;/h2-4,6-7,15,17-18,20H,5,8-14H2,1H3,(H,21,23);1H.